The van der Waals surface area contributed by atoms with Crippen molar-refractivity contribution < 1.29 is 0 Å². The van der Waals surface area contributed by atoms with Gasteiger partial charge in [0.2, 0.25) is 0 Å². The van der Waals surface area contributed by atoms with E-state index in [2.05, 4.69) is 31.3 Å². The molecular weight excluding hydrogens is 300 g/mol. The molecule has 1 heterocycles. The first-order valence-electron chi connectivity index (χ1n) is 7.33. The van der Waals surface area contributed by atoms with Crippen LogP contribution in [0.4, 0.5) is 0 Å². The molecule has 1 aromatic heterocycles. The molecule has 2 aromatic rings. The second-order valence-electron chi connectivity index (χ2n) is 6.68. The van der Waals surface area contributed by atoms with Crippen molar-refractivity contribution in [1.82, 2.24) is 10.3 Å². The number of nitrogens with zero attached hydrogens (tertiary/aromatic N) is 1. The van der Waals surface area contributed by atoms with E-state index in [1.165, 1.54) is 10.6 Å². The fraction of sp³-hybridized carbons (Fsp3) is 0.471. The van der Waals surface area contributed by atoms with Crippen molar-refractivity contribution in [1.29, 1.82) is 0 Å². The van der Waals surface area contributed by atoms with Crippen LogP contribution in [-0.2, 0) is 6.42 Å². The lowest BCUT2D eigenvalue weighted by Gasteiger charge is -2.34. The highest BCUT2D eigenvalue weighted by Crippen LogP contribution is 2.44. The Hall–Kier alpha value is -0.900. The summed E-state index contributed by atoms with van der Waals surface area (Å²) in [6, 6.07) is 6.62. The molecule has 3 rings (SSSR count). The number of aromatic nitrogens is 1. The molecule has 4 heteroatoms. The molecule has 21 heavy (non-hydrogen) atoms. The summed E-state index contributed by atoms with van der Waals surface area (Å²) in [7, 11) is 2.04. The third kappa shape index (κ3) is 2.87. The zero-order chi connectivity index (χ0) is 15.2. The molecule has 1 aliphatic rings. The summed E-state index contributed by atoms with van der Waals surface area (Å²) in [5, 5.41) is 5.34. The van der Waals surface area contributed by atoms with Gasteiger partial charge in [-0.15, -0.1) is 11.3 Å². The summed E-state index contributed by atoms with van der Waals surface area (Å²) in [5.74, 6) is 0. The second kappa shape index (κ2) is 5.38. The highest BCUT2D eigenvalue weighted by Gasteiger charge is 2.34. The SMILES string of the molecule is CNC1CC(C)(C)Cc2nc(-c3ccc(C)c(Cl)c3)sc21. The number of aryl methyl sites for hydroxylation is 1. The zero-order valence-electron chi connectivity index (χ0n) is 13.0. The van der Waals surface area contributed by atoms with Gasteiger partial charge in [-0.05, 0) is 43.9 Å². The fourth-order valence-electron chi connectivity index (χ4n) is 3.02. The van der Waals surface area contributed by atoms with E-state index in [1.807, 2.05) is 20.0 Å². The van der Waals surface area contributed by atoms with Gasteiger partial charge in [-0.1, -0.05) is 37.6 Å². The quantitative estimate of drug-likeness (QED) is 0.841. The minimum absolute atomic E-state index is 0.303. The highest BCUT2D eigenvalue weighted by atomic mass is 35.5. The lowest BCUT2D eigenvalue weighted by molar-refractivity contribution is 0.265. The zero-order valence-corrected chi connectivity index (χ0v) is 14.5. The molecule has 0 radical (unpaired) electrons. The molecule has 112 valence electrons. The molecule has 1 atom stereocenters. The normalized spacial score (nSPS) is 20.3. The summed E-state index contributed by atoms with van der Waals surface area (Å²) in [6.07, 6.45) is 2.21. The van der Waals surface area contributed by atoms with Crippen molar-refractivity contribution >= 4 is 22.9 Å². The molecule has 0 saturated carbocycles. The molecule has 0 saturated heterocycles. The van der Waals surface area contributed by atoms with E-state index in [-0.39, 0.29) is 0 Å². The van der Waals surface area contributed by atoms with Crippen LogP contribution < -0.4 is 5.32 Å². The first-order valence-corrected chi connectivity index (χ1v) is 8.52. The van der Waals surface area contributed by atoms with Gasteiger partial charge in [0, 0.05) is 21.5 Å². The van der Waals surface area contributed by atoms with Crippen LogP contribution in [-0.4, -0.2) is 12.0 Å². The molecule has 0 aliphatic heterocycles. The van der Waals surface area contributed by atoms with Gasteiger partial charge in [0.05, 0.1) is 5.69 Å². The number of benzene rings is 1. The summed E-state index contributed by atoms with van der Waals surface area (Å²) in [4.78, 5) is 6.30. The Balaban J connectivity index is 2.04. The molecule has 0 amide bonds. The molecule has 0 bridgehead atoms. The number of fused-ring (bicyclic) bond motifs is 1. The van der Waals surface area contributed by atoms with Crippen LogP contribution in [0.1, 0.15) is 42.4 Å². The smallest absolute Gasteiger partial charge is 0.123 e. The molecule has 1 N–H and O–H groups in total. The molecule has 1 aromatic carbocycles. The summed E-state index contributed by atoms with van der Waals surface area (Å²) >= 11 is 8.06. The number of hydrogen-bond acceptors (Lipinski definition) is 3. The van der Waals surface area contributed by atoms with Crippen LogP contribution in [0, 0.1) is 12.3 Å². The van der Waals surface area contributed by atoms with Crippen molar-refractivity contribution in [3.8, 4) is 10.6 Å². The molecule has 1 aliphatic carbocycles. The maximum atomic E-state index is 6.26. The van der Waals surface area contributed by atoms with Crippen LogP contribution in [0.3, 0.4) is 0 Å². The van der Waals surface area contributed by atoms with Crippen molar-refractivity contribution in [2.45, 2.75) is 39.7 Å². The first-order chi connectivity index (χ1) is 9.89. The minimum Gasteiger partial charge on any atom is -0.312 e. The number of rotatable bonds is 2. The van der Waals surface area contributed by atoms with E-state index < -0.39 is 0 Å². The Kier molecular flexibility index (Phi) is 3.85. The van der Waals surface area contributed by atoms with Gasteiger partial charge in [0.25, 0.3) is 0 Å². The monoisotopic (exact) mass is 320 g/mol. The lowest BCUT2D eigenvalue weighted by Crippen LogP contribution is -2.30. The Labute approximate surface area is 135 Å². The van der Waals surface area contributed by atoms with Gasteiger partial charge in [0.15, 0.2) is 0 Å². The van der Waals surface area contributed by atoms with E-state index in [0.717, 1.165) is 34.0 Å². The predicted octanol–water partition coefficient (Wildman–Crippen LogP) is 5.00. The van der Waals surface area contributed by atoms with Gasteiger partial charge in [-0.25, -0.2) is 4.98 Å². The van der Waals surface area contributed by atoms with E-state index in [4.69, 9.17) is 16.6 Å². The number of nitrogens with one attached hydrogen (secondary N) is 1. The Bertz CT molecular complexity index is 675. The van der Waals surface area contributed by atoms with Gasteiger partial charge >= 0.3 is 0 Å². The molecule has 1 unspecified atom stereocenters. The largest absolute Gasteiger partial charge is 0.312 e. The second-order valence-corrected chi connectivity index (χ2v) is 8.12. The van der Waals surface area contributed by atoms with Crippen molar-refractivity contribution in [2.24, 2.45) is 5.41 Å². The Morgan fingerprint density at radius 2 is 2.14 bits per heavy atom. The average Bonchev–Trinajstić information content (AvgIpc) is 2.83. The van der Waals surface area contributed by atoms with Crippen LogP contribution in [0.25, 0.3) is 10.6 Å². The van der Waals surface area contributed by atoms with E-state index in [0.29, 0.717) is 11.5 Å². The lowest BCUT2D eigenvalue weighted by atomic mass is 9.76. The van der Waals surface area contributed by atoms with Crippen molar-refractivity contribution in [3.05, 3.63) is 39.4 Å². The van der Waals surface area contributed by atoms with Crippen molar-refractivity contribution in [3.63, 3.8) is 0 Å². The maximum Gasteiger partial charge on any atom is 0.123 e. The van der Waals surface area contributed by atoms with Crippen molar-refractivity contribution in [2.75, 3.05) is 7.05 Å². The predicted molar refractivity (Wildman–Crippen MR) is 91.2 cm³/mol. The van der Waals surface area contributed by atoms with Gasteiger partial charge < -0.3 is 5.32 Å². The number of thiazole rings is 1. The topological polar surface area (TPSA) is 24.9 Å². The third-order valence-electron chi connectivity index (χ3n) is 4.21. The molecule has 0 fully saturated rings. The van der Waals surface area contributed by atoms with Gasteiger partial charge in [-0.3, -0.25) is 0 Å². The van der Waals surface area contributed by atoms with E-state index in [9.17, 15) is 0 Å². The Morgan fingerprint density at radius 1 is 1.38 bits per heavy atom. The average molecular weight is 321 g/mol. The van der Waals surface area contributed by atoms with Crippen LogP contribution >= 0.6 is 22.9 Å². The van der Waals surface area contributed by atoms with Crippen LogP contribution in [0.5, 0.6) is 0 Å². The maximum absolute atomic E-state index is 6.26. The summed E-state index contributed by atoms with van der Waals surface area (Å²) in [6.45, 7) is 6.67. The molecular formula is C17H21ClN2S. The van der Waals surface area contributed by atoms with E-state index >= 15 is 0 Å². The fourth-order valence-corrected chi connectivity index (χ4v) is 4.38. The van der Waals surface area contributed by atoms with E-state index in [1.54, 1.807) is 11.3 Å². The third-order valence-corrected chi connectivity index (χ3v) is 5.88. The van der Waals surface area contributed by atoms with Crippen LogP contribution in [0.15, 0.2) is 18.2 Å². The number of halogens is 1. The van der Waals surface area contributed by atoms with Crippen LogP contribution in [0.2, 0.25) is 5.02 Å². The minimum atomic E-state index is 0.303. The summed E-state index contributed by atoms with van der Waals surface area (Å²) < 4.78 is 0. The Morgan fingerprint density at radius 3 is 2.81 bits per heavy atom. The van der Waals surface area contributed by atoms with Gasteiger partial charge in [-0.2, -0.15) is 0 Å². The number of hydrogen-bond donors (Lipinski definition) is 1. The summed E-state index contributed by atoms with van der Waals surface area (Å²) in [5.41, 5.74) is 3.78. The highest BCUT2D eigenvalue weighted by molar-refractivity contribution is 7.15. The molecule has 2 nitrogen and oxygen atoms in total. The molecule has 0 spiro atoms. The van der Waals surface area contributed by atoms with Gasteiger partial charge in [0.1, 0.15) is 5.01 Å². The standard InChI is InChI=1S/C17H21ClN2S/c1-10-5-6-11(7-12(10)18)16-20-14-9-17(2,3)8-13(19-4)15(14)21-16/h5-7,13,19H,8-9H2,1-4H3. The first kappa shape index (κ1) is 15.0.